The Morgan fingerprint density at radius 1 is 0.852 bits per heavy atom. The molecule has 1 aromatic heterocycles. The van der Waals surface area contributed by atoms with Crippen LogP contribution in [0.2, 0.25) is 5.15 Å². The van der Waals surface area contributed by atoms with Gasteiger partial charge in [-0.1, -0.05) is 91.5 Å². The molecule has 0 radical (unpaired) electrons. The van der Waals surface area contributed by atoms with Gasteiger partial charge in [0, 0.05) is 11.6 Å². The van der Waals surface area contributed by atoms with E-state index >= 15 is 0 Å². The van der Waals surface area contributed by atoms with Crippen LogP contribution >= 0.6 is 11.6 Å². The van der Waals surface area contributed by atoms with Gasteiger partial charge in [0.2, 0.25) is 0 Å². The van der Waals surface area contributed by atoms with E-state index in [9.17, 15) is 0 Å². The van der Waals surface area contributed by atoms with Gasteiger partial charge in [0.1, 0.15) is 5.15 Å². The van der Waals surface area contributed by atoms with Crippen LogP contribution in [0.3, 0.4) is 0 Å². The smallest absolute Gasteiger partial charge is 0.161 e. The van der Waals surface area contributed by atoms with E-state index < -0.39 is 0 Å². The lowest BCUT2D eigenvalue weighted by molar-refractivity contribution is 1.15. The highest BCUT2D eigenvalue weighted by Crippen LogP contribution is 2.29. The summed E-state index contributed by atoms with van der Waals surface area (Å²) in [5, 5.41) is 5.20. The molecule has 0 saturated heterocycles. The molecule has 0 aliphatic carbocycles. The summed E-state index contributed by atoms with van der Waals surface area (Å²) in [5.74, 6) is 0.587. The fourth-order valence-electron chi connectivity index (χ4n) is 3.23. The molecule has 0 spiro atoms. The van der Waals surface area contributed by atoms with Crippen molar-refractivity contribution in [1.29, 1.82) is 0 Å². The van der Waals surface area contributed by atoms with Crippen molar-refractivity contribution in [2.45, 2.75) is 0 Å². The Hall–Kier alpha value is -3.23. The summed E-state index contributed by atoms with van der Waals surface area (Å²) in [6.07, 6.45) is 5.28. The maximum Gasteiger partial charge on any atom is 0.161 e. The standard InChI is InChI=1S/C24H17ClN2/c1-3-7-16(4-2)22-15-23(25)27-24(26-22)19-12-13-21-18(14-19)11-10-17-8-5-6-9-20(17)21/h3-15H,1-2H2/b16-7+. The lowest BCUT2D eigenvalue weighted by Crippen LogP contribution is -1.95. The molecule has 0 amide bonds. The van der Waals surface area contributed by atoms with E-state index in [0.29, 0.717) is 11.0 Å². The molecule has 0 atom stereocenters. The molecule has 3 aromatic carbocycles. The van der Waals surface area contributed by atoms with Gasteiger partial charge in [-0.3, -0.25) is 0 Å². The molecule has 2 nitrogen and oxygen atoms in total. The van der Waals surface area contributed by atoms with Crippen molar-refractivity contribution in [3.8, 4) is 11.4 Å². The Bertz CT molecular complexity index is 1220. The van der Waals surface area contributed by atoms with Crippen molar-refractivity contribution in [3.05, 3.63) is 103 Å². The highest BCUT2D eigenvalue weighted by molar-refractivity contribution is 6.29. The minimum Gasteiger partial charge on any atom is -0.228 e. The Morgan fingerprint density at radius 3 is 2.44 bits per heavy atom. The maximum absolute atomic E-state index is 6.26. The van der Waals surface area contributed by atoms with E-state index in [2.05, 4.69) is 71.7 Å². The zero-order chi connectivity index (χ0) is 18.8. The van der Waals surface area contributed by atoms with Gasteiger partial charge < -0.3 is 0 Å². The first-order valence-corrected chi connectivity index (χ1v) is 8.99. The number of allylic oxidation sites excluding steroid dienone is 4. The van der Waals surface area contributed by atoms with E-state index in [1.807, 2.05) is 12.1 Å². The predicted octanol–water partition coefficient (Wildman–Crippen LogP) is 6.86. The highest BCUT2D eigenvalue weighted by atomic mass is 35.5. The normalized spacial score (nSPS) is 11.7. The number of rotatable bonds is 4. The topological polar surface area (TPSA) is 25.8 Å². The molecular formula is C24H17ClN2. The Morgan fingerprint density at radius 2 is 1.63 bits per heavy atom. The molecular weight excluding hydrogens is 352 g/mol. The first kappa shape index (κ1) is 17.2. The lowest BCUT2D eigenvalue weighted by atomic mass is 10.00. The maximum atomic E-state index is 6.26. The Kier molecular flexibility index (Phi) is 4.57. The van der Waals surface area contributed by atoms with Crippen LogP contribution in [0.15, 0.2) is 92.0 Å². The predicted molar refractivity (Wildman–Crippen MR) is 116 cm³/mol. The second-order valence-corrected chi connectivity index (χ2v) is 6.57. The van der Waals surface area contributed by atoms with Gasteiger partial charge >= 0.3 is 0 Å². The van der Waals surface area contributed by atoms with E-state index in [0.717, 1.165) is 22.2 Å². The van der Waals surface area contributed by atoms with Crippen LogP contribution in [0.25, 0.3) is 38.5 Å². The van der Waals surface area contributed by atoms with Crippen molar-refractivity contribution in [3.63, 3.8) is 0 Å². The summed E-state index contributed by atoms with van der Waals surface area (Å²) < 4.78 is 0. The van der Waals surface area contributed by atoms with Crippen LogP contribution in [-0.2, 0) is 0 Å². The van der Waals surface area contributed by atoms with Crippen LogP contribution < -0.4 is 0 Å². The molecule has 1 heterocycles. The number of fused-ring (bicyclic) bond motifs is 3. The third-order valence-corrected chi connectivity index (χ3v) is 4.70. The van der Waals surface area contributed by atoms with Crippen LogP contribution in [0, 0.1) is 0 Å². The second kappa shape index (κ2) is 7.18. The molecule has 3 heteroatoms. The number of hydrogen-bond acceptors (Lipinski definition) is 2. The van der Waals surface area contributed by atoms with Gasteiger partial charge in [0.15, 0.2) is 5.82 Å². The van der Waals surface area contributed by atoms with Crippen molar-refractivity contribution < 1.29 is 0 Å². The Balaban J connectivity index is 1.88. The molecule has 0 aliphatic rings. The highest BCUT2D eigenvalue weighted by Gasteiger charge is 2.09. The monoisotopic (exact) mass is 368 g/mol. The molecule has 27 heavy (non-hydrogen) atoms. The number of benzene rings is 3. The summed E-state index contributed by atoms with van der Waals surface area (Å²) in [6.45, 7) is 7.57. The summed E-state index contributed by atoms with van der Waals surface area (Å²) in [7, 11) is 0. The molecule has 4 aromatic rings. The molecule has 0 fully saturated rings. The van der Waals surface area contributed by atoms with Gasteiger partial charge in [0.05, 0.1) is 5.69 Å². The van der Waals surface area contributed by atoms with E-state index in [-0.39, 0.29) is 0 Å². The van der Waals surface area contributed by atoms with Crippen LogP contribution in [0.1, 0.15) is 5.69 Å². The number of aromatic nitrogens is 2. The second-order valence-electron chi connectivity index (χ2n) is 6.18. The van der Waals surface area contributed by atoms with Crippen molar-refractivity contribution in [2.75, 3.05) is 0 Å². The average molecular weight is 369 g/mol. The van der Waals surface area contributed by atoms with Crippen LogP contribution in [0.5, 0.6) is 0 Å². The fourth-order valence-corrected chi connectivity index (χ4v) is 3.42. The van der Waals surface area contributed by atoms with Crippen LogP contribution in [-0.4, -0.2) is 9.97 Å². The van der Waals surface area contributed by atoms with E-state index in [4.69, 9.17) is 11.6 Å². The first-order valence-electron chi connectivity index (χ1n) is 8.61. The van der Waals surface area contributed by atoms with Crippen molar-refractivity contribution >= 4 is 38.7 Å². The quantitative estimate of drug-likeness (QED) is 0.223. The van der Waals surface area contributed by atoms with Gasteiger partial charge in [-0.2, -0.15) is 0 Å². The minimum atomic E-state index is 0.394. The van der Waals surface area contributed by atoms with E-state index in [1.54, 1.807) is 18.2 Å². The van der Waals surface area contributed by atoms with Crippen molar-refractivity contribution in [1.82, 2.24) is 9.97 Å². The molecule has 0 aliphatic heterocycles. The van der Waals surface area contributed by atoms with Crippen molar-refractivity contribution in [2.24, 2.45) is 0 Å². The molecule has 4 rings (SSSR count). The number of halogens is 1. The molecule has 0 bridgehead atoms. The third-order valence-electron chi connectivity index (χ3n) is 4.51. The summed E-state index contributed by atoms with van der Waals surface area (Å²) in [5.41, 5.74) is 2.49. The summed E-state index contributed by atoms with van der Waals surface area (Å²) in [6, 6.07) is 20.6. The molecule has 130 valence electrons. The molecule has 0 saturated carbocycles. The van der Waals surface area contributed by atoms with Gasteiger partial charge in [-0.05, 0) is 33.2 Å². The largest absolute Gasteiger partial charge is 0.228 e. The van der Waals surface area contributed by atoms with Gasteiger partial charge in [-0.25, -0.2) is 9.97 Å². The number of nitrogens with zero attached hydrogens (tertiary/aromatic N) is 2. The SMILES string of the molecule is C=C/C=C(\C=C)c1cc(Cl)nc(-c2ccc3c(ccc4ccccc43)c2)n1. The first-order chi connectivity index (χ1) is 13.2. The molecule has 0 N–H and O–H groups in total. The molecule has 0 unspecified atom stereocenters. The van der Waals surface area contributed by atoms with Gasteiger partial charge in [0.25, 0.3) is 0 Å². The average Bonchev–Trinajstić information content (AvgIpc) is 2.71. The fraction of sp³-hybridized carbons (Fsp3) is 0. The lowest BCUT2D eigenvalue weighted by Gasteiger charge is -2.08. The van der Waals surface area contributed by atoms with Crippen LogP contribution in [0.4, 0.5) is 0 Å². The summed E-state index contributed by atoms with van der Waals surface area (Å²) >= 11 is 6.26. The van der Waals surface area contributed by atoms with E-state index in [1.165, 1.54) is 16.2 Å². The summed E-state index contributed by atoms with van der Waals surface area (Å²) in [4.78, 5) is 9.10. The number of hydrogen-bond donors (Lipinski definition) is 0. The zero-order valence-electron chi connectivity index (χ0n) is 14.7. The third kappa shape index (κ3) is 3.27. The zero-order valence-corrected chi connectivity index (χ0v) is 15.4. The Labute approximate surface area is 163 Å². The van der Waals surface area contributed by atoms with Gasteiger partial charge in [-0.15, -0.1) is 0 Å². The minimum absolute atomic E-state index is 0.394.